The molecule has 5 heteroatoms. The minimum Gasteiger partial charge on any atom is -0.383 e. The lowest BCUT2D eigenvalue weighted by Crippen LogP contribution is -2.06. The van der Waals surface area contributed by atoms with Crippen LogP contribution in [-0.4, -0.2) is 14.5 Å². The van der Waals surface area contributed by atoms with Crippen molar-refractivity contribution in [1.82, 2.24) is 14.5 Å². The van der Waals surface area contributed by atoms with Gasteiger partial charge in [-0.3, -0.25) is 0 Å². The Balaban J connectivity index is 1.89. The maximum absolute atomic E-state index is 6.00. The zero-order chi connectivity index (χ0) is 16.4. The molecule has 0 bridgehead atoms. The number of nitrogen functional groups attached to an aromatic ring is 1. The van der Waals surface area contributed by atoms with Gasteiger partial charge in [0, 0.05) is 16.7 Å². The highest BCUT2D eigenvalue weighted by molar-refractivity contribution is 9.10. The fourth-order valence-corrected chi connectivity index (χ4v) is 4.10. The van der Waals surface area contributed by atoms with Gasteiger partial charge in [-0.05, 0) is 53.6 Å². The largest absolute Gasteiger partial charge is 0.383 e. The molecule has 1 aliphatic carbocycles. The Morgan fingerprint density at radius 2 is 2.26 bits per heavy atom. The summed E-state index contributed by atoms with van der Waals surface area (Å²) < 4.78 is 3.22. The molecule has 23 heavy (non-hydrogen) atoms. The maximum atomic E-state index is 6.00. The Kier molecular flexibility index (Phi) is 4.66. The van der Waals surface area contributed by atoms with Crippen LogP contribution < -0.4 is 5.73 Å². The summed E-state index contributed by atoms with van der Waals surface area (Å²) in [5.41, 5.74) is 8.30. The highest BCUT2D eigenvalue weighted by Crippen LogP contribution is 2.42. The van der Waals surface area contributed by atoms with Gasteiger partial charge in [-0.25, -0.2) is 9.97 Å². The number of anilines is 1. The van der Waals surface area contributed by atoms with Gasteiger partial charge in [0.2, 0.25) is 0 Å². The van der Waals surface area contributed by atoms with Gasteiger partial charge in [0.25, 0.3) is 0 Å². The average molecular weight is 373 g/mol. The first-order valence-corrected chi connectivity index (χ1v) is 8.66. The zero-order valence-corrected chi connectivity index (χ0v) is 14.8. The molecule has 2 N–H and O–H groups in total. The first-order valence-electron chi connectivity index (χ1n) is 7.87. The predicted octanol–water partition coefficient (Wildman–Crippen LogP) is 4.81. The minimum absolute atomic E-state index is 0.440. The topological polar surface area (TPSA) is 56.7 Å². The monoisotopic (exact) mass is 372 g/mol. The first-order chi connectivity index (χ1) is 11.2. The van der Waals surface area contributed by atoms with Crippen LogP contribution in [0, 0.1) is 5.92 Å². The molecule has 1 aliphatic rings. The molecule has 4 nitrogen and oxygen atoms in total. The summed E-state index contributed by atoms with van der Waals surface area (Å²) in [5, 5.41) is 0.911. The molecule has 120 valence electrons. The SMILES string of the molecule is C=C/C=C\C(=C/C)C1CCC(n2cc(Br)c3c(N)ncnc32)C1. The third-order valence-electron chi connectivity index (χ3n) is 4.62. The molecule has 1 saturated carbocycles. The molecule has 2 heterocycles. The van der Waals surface area contributed by atoms with Gasteiger partial charge in [-0.15, -0.1) is 0 Å². The van der Waals surface area contributed by atoms with Gasteiger partial charge in [0.05, 0.1) is 5.39 Å². The fraction of sp³-hybridized carbons (Fsp3) is 0.333. The lowest BCUT2D eigenvalue weighted by atomic mass is 9.96. The van der Waals surface area contributed by atoms with Crippen molar-refractivity contribution >= 4 is 32.8 Å². The fourth-order valence-electron chi connectivity index (χ4n) is 3.50. The zero-order valence-electron chi connectivity index (χ0n) is 13.2. The van der Waals surface area contributed by atoms with E-state index in [1.165, 1.54) is 18.3 Å². The number of rotatable bonds is 4. The molecule has 0 saturated heterocycles. The summed E-state index contributed by atoms with van der Waals surface area (Å²) in [5.74, 6) is 1.11. The lowest BCUT2D eigenvalue weighted by molar-refractivity contribution is 0.514. The van der Waals surface area contributed by atoms with Crippen LogP contribution in [0.2, 0.25) is 0 Å². The number of hydrogen-bond donors (Lipinski definition) is 1. The van der Waals surface area contributed by atoms with E-state index >= 15 is 0 Å². The molecule has 0 aromatic carbocycles. The minimum atomic E-state index is 0.440. The van der Waals surface area contributed by atoms with Crippen molar-refractivity contribution in [1.29, 1.82) is 0 Å². The molecule has 2 atom stereocenters. The quantitative estimate of drug-likeness (QED) is 0.783. The van der Waals surface area contributed by atoms with Crippen molar-refractivity contribution in [3.05, 3.63) is 53.5 Å². The number of fused-ring (bicyclic) bond motifs is 1. The van der Waals surface area contributed by atoms with E-state index in [2.05, 4.69) is 62.3 Å². The Hall–Kier alpha value is -1.88. The number of nitrogens with two attached hydrogens (primary N) is 1. The second-order valence-electron chi connectivity index (χ2n) is 5.89. The number of allylic oxidation sites excluding steroid dienone is 5. The molecule has 2 aromatic rings. The molecule has 2 unspecified atom stereocenters. The van der Waals surface area contributed by atoms with Crippen molar-refractivity contribution in [2.45, 2.75) is 32.2 Å². The third kappa shape index (κ3) is 2.98. The average Bonchev–Trinajstić information content (AvgIpc) is 3.14. The Labute approximate surface area is 144 Å². The highest BCUT2D eigenvalue weighted by atomic mass is 79.9. The molecule has 0 spiro atoms. The van der Waals surface area contributed by atoms with Gasteiger partial charge in [0.15, 0.2) is 0 Å². The van der Waals surface area contributed by atoms with Crippen LogP contribution in [0.3, 0.4) is 0 Å². The Bertz CT molecular complexity index is 788. The Morgan fingerprint density at radius 3 is 3.00 bits per heavy atom. The van der Waals surface area contributed by atoms with Crippen molar-refractivity contribution in [2.75, 3.05) is 5.73 Å². The van der Waals surface area contributed by atoms with Gasteiger partial charge < -0.3 is 10.3 Å². The molecular weight excluding hydrogens is 352 g/mol. The molecule has 0 amide bonds. The summed E-state index contributed by atoms with van der Waals surface area (Å²) in [7, 11) is 0. The summed E-state index contributed by atoms with van der Waals surface area (Å²) in [6.45, 7) is 5.85. The molecular formula is C18H21BrN4. The number of halogens is 1. The smallest absolute Gasteiger partial charge is 0.146 e. The van der Waals surface area contributed by atoms with Crippen LogP contribution in [0.1, 0.15) is 32.2 Å². The maximum Gasteiger partial charge on any atom is 0.146 e. The van der Waals surface area contributed by atoms with E-state index in [1.807, 2.05) is 12.2 Å². The van der Waals surface area contributed by atoms with E-state index in [9.17, 15) is 0 Å². The van der Waals surface area contributed by atoms with Gasteiger partial charge in [0.1, 0.15) is 17.8 Å². The van der Waals surface area contributed by atoms with Crippen molar-refractivity contribution in [3.63, 3.8) is 0 Å². The van der Waals surface area contributed by atoms with Gasteiger partial charge in [-0.2, -0.15) is 0 Å². The lowest BCUT2D eigenvalue weighted by Gasteiger charge is -2.15. The first kappa shape index (κ1) is 16.0. The van der Waals surface area contributed by atoms with Crippen molar-refractivity contribution < 1.29 is 0 Å². The van der Waals surface area contributed by atoms with E-state index in [-0.39, 0.29) is 0 Å². The van der Waals surface area contributed by atoms with Gasteiger partial charge >= 0.3 is 0 Å². The van der Waals surface area contributed by atoms with E-state index in [0.717, 1.165) is 28.3 Å². The second-order valence-corrected chi connectivity index (χ2v) is 6.74. The van der Waals surface area contributed by atoms with Crippen LogP contribution in [-0.2, 0) is 0 Å². The normalized spacial score (nSPS) is 22.3. The molecule has 0 aliphatic heterocycles. The Morgan fingerprint density at radius 1 is 1.43 bits per heavy atom. The molecule has 1 fully saturated rings. The van der Waals surface area contributed by atoms with Crippen molar-refractivity contribution in [2.24, 2.45) is 5.92 Å². The van der Waals surface area contributed by atoms with Crippen LogP contribution >= 0.6 is 15.9 Å². The summed E-state index contributed by atoms with van der Waals surface area (Å²) in [6.07, 6.45) is 15.3. The van der Waals surface area contributed by atoms with E-state index in [4.69, 9.17) is 5.73 Å². The van der Waals surface area contributed by atoms with Gasteiger partial charge in [-0.1, -0.05) is 30.9 Å². The third-order valence-corrected chi connectivity index (χ3v) is 5.22. The molecule has 2 aromatic heterocycles. The molecule has 3 rings (SSSR count). The summed E-state index contributed by atoms with van der Waals surface area (Å²) >= 11 is 3.59. The van der Waals surface area contributed by atoms with E-state index < -0.39 is 0 Å². The summed E-state index contributed by atoms with van der Waals surface area (Å²) in [6, 6.07) is 0.440. The van der Waals surface area contributed by atoms with Crippen LogP contribution in [0.5, 0.6) is 0 Å². The van der Waals surface area contributed by atoms with Crippen LogP contribution in [0.4, 0.5) is 5.82 Å². The van der Waals surface area contributed by atoms with Crippen LogP contribution in [0.15, 0.2) is 53.5 Å². The number of aromatic nitrogens is 3. The van der Waals surface area contributed by atoms with E-state index in [0.29, 0.717) is 17.8 Å². The van der Waals surface area contributed by atoms with Crippen molar-refractivity contribution in [3.8, 4) is 0 Å². The number of hydrogen-bond acceptors (Lipinski definition) is 3. The predicted molar refractivity (Wildman–Crippen MR) is 99.1 cm³/mol. The number of nitrogens with zero attached hydrogens (tertiary/aromatic N) is 3. The van der Waals surface area contributed by atoms with Crippen LogP contribution in [0.25, 0.3) is 11.0 Å². The summed E-state index contributed by atoms with van der Waals surface area (Å²) in [4.78, 5) is 8.54. The van der Waals surface area contributed by atoms with E-state index in [1.54, 1.807) is 0 Å². The highest BCUT2D eigenvalue weighted by Gasteiger charge is 2.29. The second kappa shape index (κ2) is 6.71. The molecule has 0 radical (unpaired) electrons. The standard InChI is InChI=1S/C18H21BrN4/c1-3-5-6-12(4-2)13-7-8-14(9-13)23-10-15(19)16-17(20)21-11-22-18(16)23/h3-6,10-11,13-14H,1,7-9H2,2H3,(H2,20,21,22)/b6-5-,12-4+.